The standard InChI is InChI=1S/C29H21BrClF3N4O3/c30-20-8-11-24(35-15-20)28(41)37-13-12-36(17-25(37)18-6-9-21(31)10-7-18)26(39)19-14-23(29(32,33)34)27(40)38(16-19)22-4-2-1-3-5-22/h1-11,14-16,25H,12-13,17H2. The van der Waals surface area contributed by atoms with E-state index in [2.05, 4.69) is 20.9 Å². The maximum atomic E-state index is 13.9. The van der Waals surface area contributed by atoms with Crippen molar-refractivity contribution in [3.8, 4) is 5.69 Å². The summed E-state index contributed by atoms with van der Waals surface area (Å²) in [6.45, 7) is 0.144. The Morgan fingerprint density at radius 3 is 2.29 bits per heavy atom. The Morgan fingerprint density at radius 2 is 1.66 bits per heavy atom. The number of para-hydroxylation sites is 1. The van der Waals surface area contributed by atoms with E-state index in [1.54, 1.807) is 59.5 Å². The number of nitrogens with zero attached hydrogens (tertiary/aromatic N) is 4. The molecular formula is C29H21BrClF3N4O3. The first kappa shape index (κ1) is 28.6. The van der Waals surface area contributed by atoms with Gasteiger partial charge in [-0.15, -0.1) is 0 Å². The average Bonchev–Trinajstić information content (AvgIpc) is 2.97. The molecule has 2 aromatic carbocycles. The Labute approximate surface area is 245 Å². The number of piperazine rings is 1. The van der Waals surface area contributed by atoms with Crippen LogP contribution in [-0.4, -0.2) is 50.8 Å². The fraction of sp³-hybridized carbons (Fsp3) is 0.172. The minimum Gasteiger partial charge on any atom is -0.334 e. The van der Waals surface area contributed by atoms with Crippen LogP contribution in [0.3, 0.4) is 0 Å². The summed E-state index contributed by atoms with van der Waals surface area (Å²) in [4.78, 5) is 47.1. The third kappa shape index (κ3) is 6.06. The van der Waals surface area contributed by atoms with Crippen LogP contribution in [0.2, 0.25) is 5.02 Å². The Kier molecular flexibility index (Phi) is 8.01. The number of pyridine rings is 2. The van der Waals surface area contributed by atoms with Gasteiger partial charge < -0.3 is 9.80 Å². The third-order valence-corrected chi connectivity index (χ3v) is 7.45. The molecule has 2 amide bonds. The maximum Gasteiger partial charge on any atom is 0.421 e. The molecule has 4 aromatic rings. The number of carbonyl (C=O) groups is 2. The number of amides is 2. The summed E-state index contributed by atoms with van der Waals surface area (Å²) in [5.74, 6) is -1.06. The molecule has 1 unspecified atom stereocenters. The molecule has 1 fully saturated rings. The van der Waals surface area contributed by atoms with E-state index in [4.69, 9.17) is 11.6 Å². The van der Waals surface area contributed by atoms with E-state index in [1.165, 1.54) is 23.2 Å². The topological polar surface area (TPSA) is 75.5 Å². The lowest BCUT2D eigenvalue weighted by Crippen LogP contribution is -2.52. The van der Waals surface area contributed by atoms with Crippen molar-refractivity contribution < 1.29 is 22.8 Å². The highest BCUT2D eigenvalue weighted by atomic mass is 79.9. The normalized spacial score (nSPS) is 15.6. The molecule has 3 heterocycles. The van der Waals surface area contributed by atoms with Crippen LogP contribution in [0.25, 0.3) is 5.69 Å². The number of carbonyl (C=O) groups excluding carboxylic acids is 2. The lowest BCUT2D eigenvalue weighted by molar-refractivity contribution is -0.138. The van der Waals surface area contributed by atoms with Crippen LogP contribution in [0.4, 0.5) is 13.2 Å². The molecule has 1 aliphatic heterocycles. The zero-order valence-corrected chi connectivity index (χ0v) is 23.5. The molecule has 0 spiro atoms. The van der Waals surface area contributed by atoms with Crippen LogP contribution in [0.5, 0.6) is 0 Å². The van der Waals surface area contributed by atoms with Crippen molar-refractivity contribution in [3.63, 3.8) is 0 Å². The Balaban J connectivity index is 1.52. The highest BCUT2D eigenvalue weighted by Gasteiger charge is 2.38. The molecule has 0 aliphatic carbocycles. The van der Waals surface area contributed by atoms with Gasteiger partial charge in [-0.05, 0) is 64.0 Å². The van der Waals surface area contributed by atoms with Gasteiger partial charge in [-0.25, -0.2) is 4.98 Å². The van der Waals surface area contributed by atoms with Gasteiger partial charge in [-0.3, -0.25) is 19.0 Å². The minimum atomic E-state index is -4.97. The lowest BCUT2D eigenvalue weighted by Gasteiger charge is -2.41. The maximum absolute atomic E-state index is 13.9. The van der Waals surface area contributed by atoms with Gasteiger partial charge in [0.1, 0.15) is 11.3 Å². The predicted molar refractivity (Wildman–Crippen MR) is 150 cm³/mol. The molecular weight excluding hydrogens is 625 g/mol. The number of hydrogen-bond acceptors (Lipinski definition) is 4. The second-order valence-electron chi connectivity index (χ2n) is 9.33. The molecule has 0 N–H and O–H groups in total. The smallest absolute Gasteiger partial charge is 0.334 e. The molecule has 0 radical (unpaired) electrons. The number of rotatable bonds is 4. The second kappa shape index (κ2) is 11.5. The van der Waals surface area contributed by atoms with Gasteiger partial charge in [0.05, 0.1) is 11.6 Å². The van der Waals surface area contributed by atoms with Gasteiger partial charge in [0.25, 0.3) is 17.4 Å². The van der Waals surface area contributed by atoms with Crippen LogP contribution in [0, 0.1) is 0 Å². The van der Waals surface area contributed by atoms with E-state index in [1.807, 2.05) is 0 Å². The monoisotopic (exact) mass is 644 g/mol. The zero-order valence-electron chi connectivity index (χ0n) is 21.2. The van der Waals surface area contributed by atoms with Gasteiger partial charge in [-0.1, -0.05) is 41.9 Å². The van der Waals surface area contributed by atoms with E-state index in [9.17, 15) is 27.6 Å². The summed E-state index contributed by atoms with van der Waals surface area (Å²) >= 11 is 9.37. The summed E-state index contributed by atoms with van der Waals surface area (Å²) < 4.78 is 43.1. The van der Waals surface area contributed by atoms with Crippen molar-refractivity contribution in [2.75, 3.05) is 19.6 Å². The molecule has 7 nitrogen and oxygen atoms in total. The Morgan fingerprint density at radius 1 is 0.951 bits per heavy atom. The van der Waals surface area contributed by atoms with Gasteiger partial charge in [0.2, 0.25) is 0 Å². The van der Waals surface area contributed by atoms with Gasteiger partial charge in [-0.2, -0.15) is 13.2 Å². The Hall–Kier alpha value is -3.96. The van der Waals surface area contributed by atoms with Crippen LogP contribution in [0.1, 0.15) is 38.0 Å². The first-order chi connectivity index (χ1) is 19.5. The van der Waals surface area contributed by atoms with E-state index in [0.717, 1.165) is 10.8 Å². The summed E-state index contributed by atoms with van der Waals surface area (Å²) in [7, 11) is 0. The van der Waals surface area contributed by atoms with Gasteiger partial charge in [0.15, 0.2) is 0 Å². The van der Waals surface area contributed by atoms with E-state index < -0.39 is 29.2 Å². The van der Waals surface area contributed by atoms with Crippen molar-refractivity contribution in [1.29, 1.82) is 0 Å². The SMILES string of the molecule is O=C(c1cc(C(F)(F)F)c(=O)n(-c2ccccc2)c1)N1CCN(C(=O)c2ccc(Br)cn2)C(c2ccc(Cl)cc2)C1. The summed E-state index contributed by atoms with van der Waals surface area (Å²) in [6, 6.07) is 17.8. The van der Waals surface area contributed by atoms with Crippen LogP contribution >= 0.6 is 27.5 Å². The largest absolute Gasteiger partial charge is 0.421 e. The highest BCUT2D eigenvalue weighted by Crippen LogP contribution is 2.31. The van der Waals surface area contributed by atoms with E-state index >= 15 is 0 Å². The first-order valence-corrected chi connectivity index (χ1v) is 13.6. The number of aromatic nitrogens is 2. The van der Waals surface area contributed by atoms with E-state index in [0.29, 0.717) is 21.1 Å². The molecule has 1 aliphatic rings. The quantitative estimate of drug-likeness (QED) is 0.273. The van der Waals surface area contributed by atoms with Gasteiger partial charge in [0, 0.05) is 47.2 Å². The van der Waals surface area contributed by atoms with Crippen LogP contribution in [0.15, 0.2) is 94.5 Å². The zero-order chi connectivity index (χ0) is 29.3. The van der Waals surface area contributed by atoms with Gasteiger partial charge >= 0.3 is 6.18 Å². The highest BCUT2D eigenvalue weighted by molar-refractivity contribution is 9.10. The molecule has 1 saturated heterocycles. The number of halogens is 5. The molecule has 2 aromatic heterocycles. The number of benzene rings is 2. The lowest BCUT2D eigenvalue weighted by atomic mass is 10.0. The first-order valence-electron chi connectivity index (χ1n) is 12.4. The summed E-state index contributed by atoms with van der Waals surface area (Å²) in [6.07, 6.45) is -2.35. The Bertz CT molecular complexity index is 1650. The number of hydrogen-bond donors (Lipinski definition) is 0. The molecule has 5 rings (SSSR count). The van der Waals surface area contributed by atoms with E-state index in [-0.39, 0.29) is 42.5 Å². The molecule has 12 heteroatoms. The predicted octanol–water partition coefficient (Wildman–Crippen LogP) is 6.01. The molecule has 0 saturated carbocycles. The van der Waals surface area contributed by atoms with Crippen LogP contribution in [-0.2, 0) is 6.18 Å². The second-order valence-corrected chi connectivity index (χ2v) is 10.7. The van der Waals surface area contributed by atoms with Crippen molar-refractivity contribution in [2.45, 2.75) is 12.2 Å². The summed E-state index contributed by atoms with van der Waals surface area (Å²) in [5, 5.41) is 0.479. The van der Waals surface area contributed by atoms with Crippen molar-refractivity contribution in [3.05, 3.63) is 127 Å². The number of alkyl halides is 3. The van der Waals surface area contributed by atoms with Crippen molar-refractivity contribution in [2.24, 2.45) is 0 Å². The fourth-order valence-electron chi connectivity index (χ4n) is 4.70. The third-order valence-electron chi connectivity index (χ3n) is 6.73. The summed E-state index contributed by atoms with van der Waals surface area (Å²) in [5.41, 5.74) is -1.95. The minimum absolute atomic E-state index is 0.00541. The molecule has 1 atom stereocenters. The molecule has 0 bridgehead atoms. The van der Waals surface area contributed by atoms with Crippen LogP contribution < -0.4 is 5.56 Å². The fourth-order valence-corrected chi connectivity index (χ4v) is 5.06. The average molecular weight is 646 g/mol. The molecule has 41 heavy (non-hydrogen) atoms. The van der Waals surface area contributed by atoms with Crippen molar-refractivity contribution >= 4 is 39.3 Å². The van der Waals surface area contributed by atoms with Crippen molar-refractivity contribution in [1.82, 2.24) is 19.4 Å². The molecule has 210 valence electrons.